The van der Waals surface area contributed by atoms with E-state index in [1.165, 1.54) is 4.88 Å². The molecule has 0 unspecified atom stereocenters. The average molecular weight is 323 g/mol. The van der Waals surface area contributed by atoms with E-state index in [1.54, 1.807) is 18.3 Å². The van der Waals surface area contributed by atoms with Crippen molar-refractivity contribution < 1.29 is 14.3 Å². The number of nitrogens with one attached hydrogen (secondary N) is 1. The Morgan fingerprint density at radius 2 is 2.00 bits per heavy atom. The first kappa shape index (κ1) is 17.0. The second-order valence-corrected chi connectivity index (χ2v) is 6.75. The quantitative estimate of drug-likeness (QED) is 0.572. The van der Waals surface area contributed by atoms with E-state index in [1.807, 2.05) is 0 Å². The van der Waals surface area contributed by atoms with E-state index in [4.69, 9.17) is 4.74 Å². The zero-order valence-electron chi connectivity index (χ0n) is 13.5. The number of fused-ring (bicyclic) bond motifs is 1. The summed E-state index contributed by atoms with van der Waals surface area (Å²) in [5.74, 6) is -0.301. The van der Waals surface area contributed by atoms with Crippen molar-refractivity contribution in [3.8, 4) is 0 Å². The summed E-state index contributed by atoms with van der Waals surface area (Å²) in [5, 5.41) is 3.62. The molecule has 0 radical (unpaired) electrons. The van der Waals surface area contributed by atoms with Gasteiger partial charge in [-0.05, 0) is 38.2 Å². The van der Waals surface area contributed by atoms with E-state index in [0.29, 0.717) is 23.6 Å². The first-order valence-corrected chi connectivity index (χ1v) is 9.10. The van der Waals surface area contributed by atoms with Crippen LogP contribution in [0.5, 0.6) is 0 Å². The monoisotopic (exact) mass is 323 g/mol. The van der Waals surface area contributed by atoms with Crippen LogP contribution < -0.4 is 5.32 Å². The van der Waals surface area contributed by atoms with Crippen LogP contribution >= 0.6 is 11.3 Å². The molecular weight excluding hydrogens is 298 g/mol. The predicted octanol–water partition coefficient (Wildman–Crippen LogP) is 4.32. The molecule has 0 saturated heterocycles. The lowest BCUT2D eigenvalue weighted by molar-refractivity contribution is -0.116. The predicted molar refractivity (Wildman–Crippen MR) is 89.7 cm³/mol. The molecule has 1 N–H and O–H groups in total. The lowest BCUT2D eigenvalue weighted by atomic mass is 10.1. The number of aryl methyl sites for hydroxylation is 1. The fourth-order valence-corrected chi connectivity index (χ4v) is 4.11. The number of amides is 1. The molecule has 22 heavy (non-hydrogen) atoms. The minimum absolute atomic E-state index is 0.00146. The summed E-state index contributed by atoms with van der Waals surface area (Å²) in [6, 6.07) is 0. The summed E-state index contributed by atoms with van der Waals surface area (Å²) in [6.45, 7) is 4.31. The van der Waals surface area contributed by atoms with Crippen molar-refractivity contribution in [3.63, 3.8) is 0 Å². The number of ether oxygens (including phenoxy) is 1. The van der Waals surface area contributed by atoms with Gasteiger partial charge in [0.15, 0.2) is 0 Å². The van der Waals surface area contributed by atoms with Gasteiger partial charge in [0.05, 0.1) is 12.2 Å². The van der Waals surface area contributed by atoms with Gasteiger partial charge in [-0.1, -0.05) is 26.2 Å². The van der Waals surface area contributed by atoms with Crippen LogP contribution in [0.3, 0.4) is 0 Å². The molecule has 0 fully saturated rings. The largest absolute Gasteiger partial charge is 0.462 e. The summed E-state index contributed by atoms with van der Waals surface area (Å²) in [5.41, 5.74) is 1.69. The maximum absolute atomic E-state index is 12.2. The molecule has 122 valence electrons. The van der Waals surface area contributed by atoms with Gasteiger partial charge in [-0.15, -0.1) is 11.3 Å². The van der Waals surface area contributed by atoms with Gasteiger partial charge in [0.1, 0.15) is 5.00 Å². The molecule has 1 aliphatic carbocycles. The number of esters is 1. The molecule has 1 heterocycles. The van der Waals surface area contributed by atoms with Crippen molar-refractivity contribution in [1.82, 2.24) is 0 Å². The van der Waals surface area contributed by atoms with E-state index in [9.17, 15) is 9.59 Å². The summed E-state index contributed by atoms with van der Waals surface area (Å²) < 4.78 is 5.16. The molecule has 2 rings (SSSR count). The van der Waals surface area contributed by atoms with E-state index in [2.05, 4.69) is 12.2 Å². The second kappa shape index (κ2) is 8.32. The van der Waals surface area contributed by atoms with Crippen LogP contribution in [-0.4, -0.2) is 18.5 Å². The fourth-order valence-electron chi connectivity index (χ4n) is 2.81. The van der Waals surface area contributed by atoms with Gasteiger partial charge in [0.25, 0.3) is 0 Å². The number of hydrogen-bond donors (Lipinski definition) is 1. The highest BCUT2D eigenvalue weighted by atomic mass is 32.1. The third-order valence-corrected chi connectivity index (χ3v) is 5.12. The molecule has 0 spiro atoms. The minimum atomic E-state index is -0.303. The first-order valence-electron chi connectivity index (χ1n) is 8.28. The smallest absolute Gasteiger partial charge is 0.341 e. The standard InChI is InChI=1S/C17H25NO3S/c1-3-5-6-7-11-14(19)18-16-15(17(20)21-4-2)12-9-8-10-13(12)22-16/h3-11H2,1-2H3,(H,18,19). The fraction of sp³-hybridized carbons (Fsp3) is 0.647. The van der Waals surface area contributed by atoms with Crippen LogP contribution in [0.2, 0.25) is 0 Å². The average Bonchev–Trinajstić information content (AvgIpc) is 3.04. The normalized spacial score (nSPS) is 13.0. The van der Waals surface area contributed by atoms with Crippen LogP contribution in [0.1, 0.15) is 73.2 Å². The second-order valence-electron chi connectivity index (χ2n) is 5.64. The Balaban J connectivity index is 2.04. The van der Waals surface area contributed by atoms with Gasteiger partial charge in [-0.3, -0.25) is 4.79 Å². The molecule has 5 heteroatoms. The molecule has 0 saturated carbocycles. The van der Waals surface area contributed by atoms with Crippen molar-refractivity contribution in [3.05, 3.63) is 16.0 Å². The van der Waals surface area contributed by atoms with Crippen molar-refractivity contribution in [2.45, 2.75) is 65.2 Å². The Labute approximate surface area is 136 Å². The Bertz CT molecular complexity index is 536. The zero-order chi connectivity index (χ0) is 15.9. The Kier molecular flexibility index (Phi) is 6.43. The SMILES string of the molecule is CCCCCCC(=O)Nc1sc2c(c1C(=O)OCC)CCC2. The number of rotatable bonds is 8. The first-order chi connectivity index (χ1) is 10.7. The molecule has 0 aliphatic heterocycles. The molecule has 0 bridgehead atoms. The topological polar surface area (TPSA) is 55.4 Å². The highest BCUT2D eigenvalue weighted by Gasteiger charge is 2.28. The Hall–Kier alpha value is -1.36. The Morgan fingerprint density at radius 1 is 1.18 bits per heavy atom. The third kappa shape index (κ3) is 4.09. The van der Waals surface area contributed by atoms with Gasteiger partial charge in [-0.2, -0.15) is 0 Å². The van der Waals surface area contributed by atoms with Gasteiger partial charge in [0.2, 0.25) is 5.91 Å². The highest BCUT2D eigenvalue weighted by Crippen LogP contribution is 2.39. The summed E-state index contributed by atoms with van der Waals surface area (Å²) >= 11 is 1.54. The highest BCUT2D eigenvalue weighted by molar-refractivity contribution is 7.17. The number of hydrogen-bond acceptors (Lipinski definition) is 4. The van der Waals surface area contributed by atoms with Gasteiger partial charge < -0.3 is 10.1 Å². The van der Waals surface area contributed by atoms with E-state index in [-0.39, 0.29) is 11.9 Å². The molecule has 4 nitrogen and oxygen atoms in total. The zero-order valence-corrected chi connectivity index (χ0v) is 14.3. The lowest BCUT2D eigenvalue weighted by Gasteiger charge is -2.08. The number of carbonyl (C=O) groups excluding carboxylic acids is 2. The van der Waals surface area contributed by atoms with Crippen LogP contribution in [0.4, 0.5) is 5.00 Å². The lowest BCUT2D eigenvalue weighted by Crippen LogP contribution is -2.14. The molecule has 0 atom stereocenters. The summed E-state index contributed by atoms with van der Waals surface area (Å²) in [6.07, 6.45) is 7.81. The number of anilines is 1. The van der Waals surface area contributed by atoms with Crippen molar-refractivity contribution in [2.24, 2.45) is 0 Å². The van der Waals surface area contributed by atoms with Crippen molar-refractivity contribution in [1.29, 1.82) is 0 Å². The Morgan fingerprint density at radius 3 is 2.73 bits per heavy atom. The summed E-state index contributed by atoms with van der Waals surface area (Å²) in [7, 11) is 0. The van der Waals surface area contributed by atoms with E-state index >= 15 is 0 Å². The number of thiophene rings is 1. The molecule has 1 aromatic heterocycles. The van der Waals surface area contributed by atoms with E-state index in [0.717, 1.165) is 50.5 Å². The number of carbonyl (C=O) groups is 2. The summed E-state index contributed by atoms with van der Waals surface area (Å²) in [4.78, 5) is 25.5. The van der Waals surface area contributed by atoms with Crippen molar-refractivity contribution >= 4 is 28.2 Å². The van der Waals surface area contributed by atoms with Gasteiger partial charge in [-0.25, -0.2) is 4.79 Å². The van der Waals surface area contributed by atoms with Gasteiger partial charge in [0, 0.05) is 11.3 Å². The van der Waals surface area contributed by atoms with E-state index < -0.39 is 0 Å². The molecule has 1 aromatic rings. The number of unbranched alkanes of at least 4 members (excludes halogenated alkanes) is 3. The van der Waals surface area contributed by atoms with Crippen LogP contribution in [0.25, 0.3) is 0 Å². The van der Waals surface area contributed by atoms with Crippen LogP contribution in [-0.2, 0) is 22.4 Å². The van der Waals surface area contributed by atoms with Gasteiger partial charge >= 0.3 is 5.97 Å². The van der Waals surface area contributed by atoms with Crippen LogP contribution in [0, 0.1) is 0 Å². The van der Waals surface area contributed by atoms with Crippen LogP contribution in [0.15, 0.2) is 0 Å². The maximum Gasteiger partial charge on any atom is 0.341 e. The minimum Gasteiger partial charge on any atom is -0.462 e. The molecule has 0 aromatic carbocycles. The van der Waals surface area contributed by atoms with Crippen molar-refractivity contribution in [2.75, 3.05) is 11.9 Å². The maximum atomic E-state index is 12.2. The molecule has 1 amide bonds. The molecular formula is C17H25NO3S. The molecule has 1 aliphatic rings. The third-order valence-electron chi connectivity index (χ3n) is 3.91.